The van der Waals surface area contributed by atoms with Crippen molar-refractivity contribution in [2.75, 3.05) is 0 Å². The van der Waals surface area contributed by atoms with E-state index >= 15 is 0 Å². The number of thiophene rings is 1. The van der Waals surface area contributed by atoms with Crippen molar-refractivity contribution in [3.63, 3.8) is 0 Å². The van der Waals surface area contributed by atoms with E-state index in [1.54, 1.807) is 17.5 Å². The van der Waals surface area contributed by atoms with Crippen LogP contribution < -0.4 is 0 Å². The van der Waals surface area contributed by atoms with E-state index in [2.05, 4.69) is 27.9 Å². The second kappa shape index (κ2) is 4.01. The Morgan fingerprint density at radius 1 is 1.15 bits per heavy atom. The molecule has 0 unspecified atom stereocenters. The molecule has 0 saturated heterocycles. The molecule has 64 valence electrons. The molecule has 0 aromatic carbocycles. The van der Waals surface area contributed by atoms with E-state index in [0.29, 0.717) is 0 Å². The zero-order valence-corrected chi connectivity index (χ0v) is 7.87. The molecule has 2 rings (SSSR count). The Bertz CT molecular complexity index is 376. The third-order valence-electron chi connectivity index (χ3n) is 1.68. The summed E-state index contributed by atoms with van der Waals surface area (Å²) in [5.41, 5.74) is 2.23. The van der Waals surface area contributed by atoms with Gasteiger partial charge in [-0.25, -0.2) is 0 Å². The molecule has 2 heteroatoms. The maximum atomic E-state index is 4.19. The molecule has 0 aliphatic rings. The van der Waals surface area contributed by atoms with Crippen LogP contribution in [0.5, 0.6) is 0 Å². The van der Waals surface area contributed by atoms with E-state index in [4.69, 9.17) is 0 Å². The number of rotatable bonds is 2. The summed E-state index contributed by atoms with van der Waals surface area (Å²) in [5, 5.41) is 4.18. The van der Waals surface area contributed by atoms with Crippen molar-refractivity contribution in [1.29, 1.82) is 0 Å². The molecule has 2 aromatic heterocycles. The predicted molar refractivity (Wildman–Crippen MR) is 57.5 cm³/mol. The van der Waals surface area contributed by atoms with Gasteiger partial charge < -0.3 is 0 Å². The van der Waals surface area contributed by atoms with Gasteiger partial charge in [-0.05, 0) is 40.6 Å². The molecule has 0 spiro atoms. The third kappa shape index (κ3) is 2.26. The van der Waals surface area contributed by atoms with Crippen molar-refractivity contribution >= 4 is 23.5 Å². The summed E-state index contributed by atoms with van der Waals surface area (Å²) in [5.74, 6) is 0. The normalized spacial score (nSPS) is 10.8. The van der Waals surface area contributed by atoms with Crippen molar-refractivity contribution in [3.05, 3.63) is 52.5 Å². The van der Waals surface area contributed by atoms with Gasteiger partial charge in [-0.15, -0.1) is 0 Å². The maximum Gasteiger partial charge on any atom is 0.0629 e. The second-order valence-electron chi connectivity index (χ2n) is 2.64. The Hall–Kier alpha value is -1.41. The van der Waals surface area contributed by atoms with Gasteiger partial charge in [-0.2, -0.15) is 11.3 Å². The van der Waals surface area contributed by atoms with E-state index in [1.807, 2.05) is 24.3 Å². The van der Waals surface area contributed by atoms with Gasteiger partial charge in [-0.1, -0.05) is 12.1 Å². The molecule has 2 aromatic rings. The minimum absolute atomic E-state index is 0.994. The quantitative estimate of drug-likeness (QED) is 0.702. The molecule has 0 fully saturated rings. The van der Waals surface area contributed by atoms with Gasteiger partial charge in [0.2, 0.25) is 0 Å². The van der Waals surface area contributed by atoms with Gasteiger partial charge in [-0.3, -0.25) is 4.98 Å². The second-order valence-corrected chi connectivity index (χ2v) is 3.42. The van der Waals surface area contributed by atoms with Gasteiger partial charge in [0.05, 0.1) is 5.69 Å². The predicted octanol–water partition coefficient (Wildman–Crippen LogP) is 3.31. The van der Waals surface area contributed by atoms with Gasteiger partial charge in [0.25, 0.3) is 0 Å². The largest absolute Gasteiger partial charge is 0.257 e. The lowest BCUT2D eigenvalue weighted by atomic mass is 10.2. The molecule has 0 saturated carbocycles. The Kier molecular flexibility index (Phi) is 2.53. The summed E-state index contributed by atoms with van der Waals surface area (Å²) >= 11 is 1.70. The molecule has 0 aliphatic heterocycles. The molecule has 0 aliphatic carbocycles. The minimum Gasteiger partial charge on any atom is -0.257 e. The Morgan fingerprint density at radius 2 is 2.15 bits per heavy atom. The molecule has 13 heavy (non-hydrogen) atoms. The zero-order valence-electron chi connectivity index (χ0n) is 7.05. The van der Waals surface area contributed by atoms with Gasteiger partial charge in [0.1, 0.15) is 0 Å². The average Bonchev–Trinajstić information content (AvgIpc) is 2.69. The van der Waals surface area contributed by atoms with E-state index in [9.17, 15) is 0 Å². The van der Waals surface area contributed by atoms with Gasteiger partial charge >= 0.3 is 0 Å². The lowest BCUT2D eigenvalue weighted by molar-refractivity contribution is 1.30. The summed E-state index contributed by atoms with van der Waals surface area (Å²) in [6.07, 6.45) is 5.88. The van der Waals surface area contributed by atoms with Crippen LogP contribution in [0, 0.1) is 0 Å². The summed E-state index contributed by atoms with van der Waals surface area (Å²) in [4.78, 5) is 4.19. The van der Waals surface area contributed by atoms with Gasteiger partial charge in [0, 0.05) is 6.20 Å². The fourth-order valence-corrected chi connectivity index (χ4v) is 1.65. The SMILES string of the molecule is C(=Cc1ccccn1)c1ccsc1. The lowest BCUT2D eigenvalue weighted by Crippen LogP contribution is -1.75. The Balaban J connectivity index is 2.15. The lowest BCUT2D eigenvalue weighted by Gasteiger charge is -1.88. The van der Waals surface area contributed by atoms with Crippen LogP contribution >= 0.6 is 11.3 Å². The first kappa shape index (κ1) is 8.20. The number of hydrogen-bond acceptors (Lipinski definition) is 2. The average molecular weight is 187 g/mol. The molecule has 0 amide bonds. The molecular weight excluding hydrogens is 178 g/mol. The molecule has 0 N–H and O–H groups in total. The number of hydrogen-bond donors (Lipinski definition) is 0. The first-order valence-corrected chi connectivity index (χ1v) is 5.01. The zero-order chi connectivity index (χ0) is 8.93. The minimum atomic E-state index is 0.994. The van der Waals surface area contributed by atoms with Crippen LogP contribution in [0.3, 0.4) is 0 Å². The molecule has 2 heterocycles. The van der Waals surface area contributed by atoms with Crippen LogP contribution in [0.4, 0.5) is 0 Å². The highest BCUT2D eigenvalue weighted by molar-refractivity contribution is 7.08. The topological polar surface area (TPSA) is 12.9 Å². The third-order valence-corrected chi connectivity index (χ3v) is 2.38. The van der Waals surface area contributed by atoms with Crippen LogP contribution in [0.1, 0.15) is 11.3 Å². The highest BCUT2D eigenvalue weighted by Crippen LogP contribution is 2.09. The van der Waals surface area contributed by atoms with Crippen molar-refractivity contribution in [2.24, 2.45) is 0 Å². The Labute approximate surface area is 81.4 Å². The number of nitrogens with zero attached hydrogens (tertiary/aromatic N) is 1. The number of pyridine rings is 1. The van der Waals surface area contributed by atoms with Crippen molar-refractivity contribution in [2.45, 2.75) is 0 Å². The molecule has 0 bridgehead atoms. The van der Waals surface area contributed by atoms with E-state index in [-0.39, 0.29) is 0 Å². The standard InChI is InChI=1S/C11H9NS/c1-2-7-12-11(3-1)5-4-10-6-8-13-9-10/h1-9H. The summed E-state index contributed by atoms with van der Waals surface area (Å²) in [6.45, 7) is 0. The highest BCUT2D eigenvalue weighted by Gasteiger charge is 1.86. The van der Waals surface area contributed by atoms with Crippen molar-refractivity contribution in [3.8, 4) is 0 Å². The summed E-state index contributed by atoms with van der Waals surface area (Å²) in [7, 11) is 0. The van der Waals surface area contributed by atoms with Crippen LogP contribution in [-0.2, 0) is 0 Å². The van der Waals surface area contributed by atoms with Crippen molar-refractivity contribution in [1.82, 2.24) is 4.98 Å². The Morgan fingerprint density at radius 3 is 2.85 bits per heavy atom. The van der Waals surface area contributed by atoms with Crippen LogP contribution in [-0.4, -0.2) is 4.98 Å². The first-order chi connectivity index (χ1) is 6.45. The molecule has 0 radical (unpaired) electrons. The summed E-state index contributed by atoms with van der Waals surface area (Å²) in [6, 6.07) is 7.98. The maximum absolute atomic E-state index is 4.19. The monoisotopic (exact) mass is 187 g/mol. The van der Waals surface area contributed by atoms with E-state index in [0.717, 1.165) is 5.69 Å². The van der Waals surface area contributed by atoms with Crippen LogP contribution in [0.15, 0.2) is 41.2 Å². The first-order valence-electron chi connectivity index (χ1n) is 4.06. The van der Waals surface area contributed by atoms with E-state index in [1.165, 1.54) is 5.56 Å². The fraction of sp³-hybridized carbons (Fsp3) is 0. The fourth-order valence-electron chi connectivity index (χ4n) is 1.03. The van der Waals surface area contributed by atoms with Crippen LogP contribution in [0.25, 0.3) is 12.2 Å². The summed E-state index contributed by atoms with van der Waals surface area (Å²) < 4.78 is 0. The molecular formula is C11H9NS. The smallest absolute Gasteiger partial charge is 0.0629 e. The van der Waals surface area contributed by atoms with Gasteiger partial charge in [0.15, 0.2) is 0 Å². The number of aromatic nitrogens is 1. The molecule has 0 atom stereocenters. The molecule has 1 nitrogen and oxygen atoms in total. The van der Waals surface area contributed by atoms with E-state index < -0.39 is 0 Å². The van der Waals surface area contributed by atoms with Crippen LogP contribution in [0.2, 0.25) is 0 Å². The van der Waals surface area contributed by atoms with Crippen molar-refractivity contribution < 1.29 is 0 Å². The highest BCUT2D eigenvalue weighted by atomic mass is 32.1.